The normalized spacial score (nSPS) is 22.4. The highest BCUT2D eigenvalue weighted by Crippen LogP contribution is 2.45. The van der Waals surface area contributed by atoms with Gasteiger partial charge in [0.05, 0.1) is 23.1 Å². The van der Waals surface area contributed by atoms with Crippen molar-refractivity contribution in [3.05, 3.63) is 93.8 Å². The molecular formula is C27H24ClFO4. The van der Waals surface area contributed by atoms with E-state index in [0.717, 1.165) is 30.4 Å². The van der Waals surface area contributed by atoms with Gasteiger partial charge in [0.15, 0.2) is 12.1 Å². The Bertz CT molecular complexity index is 1170. The van der Waals surface area contributed by atoms with Crippen molar-refractivity contribution in [2.45, 2.75) is 44.5 Å². The largest absolute Gasteiger partial charge is 0.484 e. The predicted molar refractivity (Wildman–Crippen MR) is 124 cm³/mol. The maximum Gasteiger partial charge on any atom is 0.199 e. The predicted octanol–water partition coefficient (Wildman–Crippen LogP) is 6.79. The summed E-state index contributed by atoms with van der Waals surface area (Å²) in [7, 11) is 0. The van der Waals surface area contributed by atoms with Gasteiger partial charge in [-0.2, -0.15) is 0 Å². The van der Waals surface area contributed by atoms with Crippen molar-refractivity contribution < 1.29 is 23.4 Å². The van der Waals surface area contributed by atoms with E-state index in [0.29, 0.717) is 29.2 Å². The molecule has 0 N–H and O–H groups in total. The molecule has 6 heteroatoms. The zero-order valence-electron chi connectivity index (χ0n) is 18.2. The zero-order chi connectivity index (χ0) is 22.9. The van der Waals surface area contributed by atoms with Crippen LogP contribution in [0.3, 0.4) is 0 Å². The number of hydrogen-bond donors (Lipinski definition) is 0. The molecule has 0 spiro atoms. The molecule has 3 atom stereocenters. The fourth-order valence-electron chi connectivity index (χ4n) is 4.39. The lowest BCUT2D eigenvalue weighted by Gasteiger charge is -2.33. The van der Waals surface area contributed by atoms with Crippen molar-refractivity contribution in [2.75, 3.05) is 6.61 Å². The topological polar surface area (TPSA) is 44.8 Å². The van der Waals surface area contributed by atoms with E-state index < -0.39 is 17.8 Å². The smallest absolute Gasteiger partial charge is 0.199 e. The number of rotatable bonds is 4. The summed E-state index contributed by atoms with van der Waals surface area (Å²) in [5.41, 5.74) is 2.87. The van der Waals surface area contributed by atoms with Gasteiger partial charge in [-0.15, -0.1) is 0 Å². The van der Waals surface area contributed by atoms with E-state index in [1.165, 1.54) is 12.1 Å². The number of ketones is 1. The third kappa shape index (κ3) is 4.48. The summed E-state index contributed by atoms with van der Waals surface area (Å²) >= 11 is 5.90. The second-order valence-electron chi connectivity index (χ2n) is 8.54. The van der Waals surface area contributed by atoms with E-state index in [1.54, 1.807) is 24.3 Å². The molecule has 1 saturated heterocycles. The quantitative estimate of drug-likeness (QED) is 0.424. The van der Waals surface area contributed by atoms with Crippen molar-refractivity contribution >= 4 is 17.4 Å². The van der Waals surface area contributed by atoms with E-state index in [1.807, 2.05) is 31.2 Å². The third-order valence-electron chi connectivity index (χ3n) is 6.17. The number of fused-ring (bicyclic) bond motifs is 1. The molecule has 0 aromatic heterocycles. The number of Topliss-reactive ketones (excluding diaryl/α,β-unsaturated/α-hetero) is 1. The summed E-state index contributed by atoms with van der Waals surface area (Å²) in [4.78, 5) is 13.8. The van der Waals surface area contributed by atoms with Crippen LogP contribution in [0.25, 0.3) is 0 Å². The van der Waals surface area contributed by atoms with Crippen LogP contribution in [0.5, 0.6) is 11.5 Å². The summed E-state index contributed by atoms with van der Waals surface area (Å²) in [5.74, 6) is -0.422. The van der Waals surface area contributed by atoms with Gasteiger partial charge in [0.1, 0.15) is 23.4 Å². The van der Waals surface area contributed by atoms with Gasteiger partial charge in [-0.3, -0.25) is 4.79 Å². The average molecular weight is 467 g/mol. The van der Waals surface area contributed by atoms with Gasteiger partial charge in [0.25, 0.3) is 0 Å². The molecule has 2 aliphatic heterocycles. The maximum absolute atomic E-state index is 14.3. The van der Waals surface area contributed by atoms with Crippen LogP contribution < -0.4 is 9.47 Å². The first kappa shape index (κ1) is 21.9. The summed E-state index contributed by atoms with van der Waals surface area (Å²) < 4.78 is 32.3. The molecule has 3 aromatic carbocycles. The van der Waals surface area contributed by atoms with Crippen LogP contribution in [-0.4, -0.2) is 18.7 Å². The molecule has 0 aliphatic carbocycles. The Labute approximate surface area is 197 Å². The monoisotopic (exact) mass is 466 g/mol. The molecule has 0 bridgehead atoms. The summed E-state index contributed by atoms with van der Waals surface area (Å²) in [6.45, 7) is 2.66. The van der Waals surface area contributed by atoms with Crippen molar-refractivity contribution in [1.29, 1.82) is 0 Å². The Hall–Kier alpha value is -2.89. The minimum Gasteiger partial charge on any atom is -0.484 e. The SMILES string of the molecule is Cc1ccc(C2Oc3ccc(OC4CCCCO4)cc3C(=O)C2c2ccc(Cl)c(F)c2)cc1. The van der Waals surface area contributed by atoms with Crippen LogP contribution in [0, 0.1) is 12.7 Å². The second-order valence-corrected chi connectivity index (χ2v) is 8.94. The van der Waals surface area contributed by atoms with E-state index in [4.69, 9.17) is 25.8 Å². The fraction of sp³-hybridized carbons (Fsp3) is 0.296. The lowest BCUT2D eigenvalue weighted by Crippen LogP contribution is -2.30. The highest BCUT2D eigenvalue weighted by molar-refractivity contribution is 6.30. The molecule has 5 rings (SSSR count). The lowest BCUT2D eigenvalue weighted by atomic mass is 9.81. The number of ether oxygens (including phenoxy) is 3. The number of halogens is 2. The molecule has 4 nitrogen and oxygen atoms in total. The number of hydrogen-bond acceptors (Lipinski definition) is 4. The van der Waals surface area contributed by atoms with Crippen molar-refractivity contribution in [3.63, 3.8) is 0 Å². The molecule has 33 heavy (non-hydrogen) atoms. The summed E-state index contributed by atoms with van der Waals surface area (Å²) in [6.07, 6.45) is 1.96. The molecule has 0 saturated carbocycles. The number of aryl methyl sites for hydroxylation is 1. The first-order valence-corrected chi connectivity index (χ1v) is 11.5. The molecule has 0 amide bonds. The molecule has 1 fully saturated rings. The molecule has 2 heterocycles. The van der Waals surface area contributed by atoms with Crippen LogP contribution in [0.4, 0.5) is 4.39 Å². The van der Waals surface area contributed by atoms with Gasteiger partial charge in [-0.1, -0.05) is 47.5 Å². The Morgan fingerprint density at radius 3 is 2.52 bits per heavy atom. The van der Waals surface area contributed by atoms with Crippen LogP contribution in [0.2, 0.25) is 5.02 Å². The Kier molecular flexibility index (Phi) is 6.09. The van der Waals surface area contributed by atoms with Crippen LogP contribution in [-0.2, 0) is 4.74 Å². The first-order valence-electron chi connectivity index (χ1n) is 11.1. The first-order chi connectivity index (χ1) is 16.0. The van der Waals surface area contributed by atoms with E-state index >= 15 is 0 Å². The Morgan fingerprint density at radius 2 is 1.79 bits per heavy atom. The van der Waals surface area contributed by atoms with E-state index in [2.05, 4.69) is 0 Å². The van der Waals surface area contributed by atoms with Crippen molar-refractivity contribution in [1.82, 2.24) is 0 Å². The second kappa shape index (κ2) is 9.16. The van der Waals surface area contributed by atoms with Gasteiger partial charge in [-0.05, 0) is 61.2 Å². The van der Waals surface area contributed by atoms with Crippen LogP contribution in [0.1, 0.15) is 58.3 Å². The number of benzene rings is 3. The van der Waals surface area contributed by atoms with Gasteiger partial charge >= 0.3 is 0 Å². The average Bonchev–Trinajstić information content (AvgIpc) is 2.82. The molecule has 2 aliphatic rings. The molecule has 3 unspecified atom stereocenters. The van der Waals surface area contributed by atoms with Gasteiger partial charge < -0.3 is 14.2 Å². The minimum atomic E-state index is -0.729. The summed E-state index contributed by atoms with van der Waals surface area (Å²) in [6, 6.07) is 17.5. The third-order valence-corrected chi connectivity index (χ3v) is 6.48. The minimum absolute atomic E-state index is 0.0124. The molecule has 170 valence electrons. The number of carbonyl (C=O) groups is 1. The lowest BCUT2D eigenvalue weighted by molar-refractivity contribution is -0.105. The van der Waals surface area contributed by atoms with E-state index in [9.17, 15) is 9.18 Å². The fourth-order valence-corrected chi connectivity index (χ4v) is 4.51. The molecular weight excluding hydrogens is 443 g/mol. The highest BCUT2D eigenvalue weighted by Gasteiger charge is 2.40. The maximum atomic E-state index is 14.3. The highest BCUT2D eigenvalue weighted by atomic mass is 35.5. The van der Waals surface area contributed by atoms with Gasteiger partial charge in [0.2, 0.25) is 0 Å². The van der Waals surface area contributed by atoms with Gasteiger partial charge in [0, 0.05) is 6.42 Å². The van der Waals surface area contributed by atoms with Crippen molar-refractivity contribution in [3.8, 4) is 11.5 Å². The van der Waals surface area contributed by atoms with E-state index in [-0.39, 0.29) is 17.1 Å². The Morgan fingerprint density at radius 1 is 1.00 bits per heavy atom. The van der Waals surface area contributed by atoms with Crippen LogP contribution >= 0.6 is 11.6 Å². The summed E-state index contributed by atoms with van der Waals surface area (Å²) in [5, 5.41) is 0.0124. The van der Waals surface area contributed by atoms with Crippen molar-refractivity contribution in [2.24, 2.45) is 0 Å². The van der Waals surface area contributed by atoms with Gasteiger partial charge in [-0.25, -0.2) is 4.39 Å². The molecule has 3 aromatic rings. The molecule has 0 radical (unpaired) electrons. The zero-order valence-corrected chi connectivity index (χ0v) is 19.0. The standard InChI is InChI=1S/C27H24ClFO4/c1-16-5-7-17(8-6-16)27-25(18-9-11-21(28)22(29)14-18)26(30)20-15-19(10-12-23(20)33-27)32-24-4-2-3-13-31-24/h5-12,14-15,24-25,27H,2-4,13H2,1H3. The number of carbonyl (C=O) groups excluding carboxylic acids is 1. The Balaban J connectivity index is 1.54. The van der Waals surface area contributed by atoms with Crippen LogP contribution in [0.15, 0.2) is 60.7 Å².